The summed E-state index contributed by atoms with van der Waals surface area (Å²) >= 11 is 0. The van der Waals surface area contributed by atoms with E-state index in [0.29, 0.717) is 60.9 Å². The summed E-state index contributed by atoms with van der Waals surface area (Å²) in [6, 6.07) is 5.95. The smallest absolute Gasteiger partial charge is 0.300 e. The topological polar surface area (TPSA) is 123 Å². The number of aromatic nitrogens is 4. The molecule has 2 saturated heterocycles. The molecule has 0 aromatic carbocycles. The van der Waals surface area contributed by atoms with Gasteiger partial charge in [-0.2, -0.15) is 4.98 Å². The van der Waals surface area contributed by atoms with Crippen LogP contribution in [-0.2, 0) is 4.74 Å². The number of hydrogen-bond donors (Lipinski definition) is 1. The second kappa shape index (κ2) is 8.99. The average Bonchev–Trinajstić information content (AvgIpc) is 3.65. The normalized spacial score (nSPS) is 16.3. The lowest BCUT2D eigenvalue weighted by Crippen LogP contribution is -2.36. The van der Waals surface area contributed by atoms with Crippen LogP contribution in [0.5, 0.6) is 0 Å². The summed E-state index contributed by atoms with van der Waals surface area (Å²) in [4.78, 5) is 35.3. The molecule has 11 nitrogen and oxygen atoms in total. The number of hydrogen-bond acceptors (Lipinski definition) is 10. The maximum Gasteiger partial charge on any atom is 0.300 e. The molecule has 6 heterocycles. The number of aryl methyl sites for hydroxylation is 1. The molecule has 4 aromatic rings. The van der Waals surface area contributed by atoms with Crippen LogP contribution >= 0.6 is 0 Å². The first-order valence-corrected chi connectivity index (χ1v) is 11.7. The largest absolute Gasteiger partial charge is 0.444 e. The first kappa shape index (κ1) is 21.5. The predicted molar refractivity (Wildman–Crippen MR) is 129 cm³/mol. The molecular weight excluding hydrogens is 450 g/mol. The molecule has 35 heavy (non-hydrogen) atoms. The van der Waals surface area contributed by atoms with Crippen LogP contribution < -0.4 is 15.1 Å². The molecule has 0 bridgehead atoms. The molecule has 2 aliphatic rings. The summed E-state index contributed by atoms with van der Waals surface area (Å²) in [6.45, 7) is 6.30. The lowest BCUT2D eigenvalue weighted by Gasteiger charge is -2.24. The summed E-state index contributed by atoms with van der Waals surface area (Å²) in [5, 5.41) is 2.96. The van der Waals surface area contributed by atoms with Crippen molar-refractivity contribution in [3.8, 4) is 11.5 Å². The van der Waals surface area contributed by atoms with Crippen molar-refractivity contribution in [2.45, 2.75) is 19.8 Å². The van der Waals surface area contributed by atoms with E-state index in [-0.39, 0.29) is 11.6 Å². The van der Waals surface area contributed by atoms with Crippen molar-refractivity contribution in [3.05, 3.63) is 42.0 Å². The van der Waals surface area contributed by atoms with Gasteiger partial charge in [0.1, 0.15) is 6.26 Å². The summed E-state index contributed by atoms with van der Waals surface area (Å²) in [5.41, 5.74) is 3.35. The lowest BCUT2D eigenvalue weighted by atomic mass is 10.2. The third-order valence-electron chi connectivity index (χ3n) is 6.17. The van der Waals surface area contributed by atoms with E-state index >= 15 is 0 Å². The monoisotopic (exact) mass is 475 g/mol. The SMILES string of the molecule is Cc1cc(-c2nc(C(=O)Nc3cc4oc(N5CCOCC5)nc4nc3N3CCCC3)co2)ccn1. The number of amides is 1. The van der Waals surface area contributed by atoms with Crippen molar-refractivity contribution in [3.63, 3.8) is 0 Å². The Labute approximate surface area is 201 Å². The van der Waals surface area contributed by atoms with Gasteiger partial charge in [-0.1, -0.05) is 0 Å². The summed E-state index contributed by atoms with van der Waals surface area (Å²) in [5.74, 6) is 0.651. The number of carbonyl (C=O) groups is 1. The van der Waals surface area contributed by atoms with Crippen molar-refractivity contribution in [1.82, 2.24) is 19.9 Å². The zero-order valence-electron chi connectivity index (χ0n) is 19.4. The van der Waals surface area contributed by atoms with Gasteiger partial charge in [0.15, 0.2) is 17.1 Å². The van der Waals surface area contributed by atoms with E-state index in [1.54, 1.807) is 18.3 Å². The second-order valence-corrected chi connectivity index (χ2v) is 8.65. The molecular formula is C24H25N7O4. The molecule has 1 amide bonds. The fraction of sp³-hybridized carbons (Fsp3) is 0.375. The number of oxazole rings is 2. The van der Waals surface area contributed by atoms with E-state index in [2.05, 4.69) is 25.2 Å². The van der Waals surface area contributed by atoms with Crippen molar-refractivity contribution >= 4 is 34.7 Å². The minimum atomic E-state index is -0.389. The highest BCUT2D eigenvalue weighted by molar-refractivity contribution is 6.05. The quantitative estimate of drug-likeness (QED) is 0.460. The third kappa shape index (κ3) is 4.30. The molecule has 4 aromatic heterocycles. The van der Waals surface area contributed by atoms with Gasteiger partial charge in [0.05, 0.1) is 18.9 Å². The van der Waals surface area contributed by atoms with Crippen LogP contribution in [0, 0.1) is 6.92 Å². The van der Waals surface area contributed by atoms with Crippen LogP contribution in [-0.4, -0.2) is 65.2 Å². The summed E-state index contributed by atoms with van der Waals surface area (Å²) < 4.78 is 17.0. The number of fused-ring (bicyclic) bond motifs is 1. The lowest BCUT2D eigenvalue weighted by molar-refractivity contribution is 0.102. The number of ether oxygens (including phenoxy) is 1. The van der Waals surface area contributed by atoms with Crippen LogP contribution in [0.25, 0.3) is 22.7 Å². The Morgan fingerprint density at radius 2 is 1.86 bits per heavy atom. The Bertz CT molecular complexity index is 1370. The molecule has 0 atom stereocenters. The molecule has 0 saturated carbocycles. The summed E-state index contributed by atoms with van der Waals surface area (Å²) in [7, 11) is 0. The molecule has 180 valence electrons. The number of nitrogens with one attached hydrogen (secondary N) is 1. The van der Waals surface area contributed by atoms with Gasteiger partial charge in [-0.15, -0.1) is 0 Å². The van der Waals surface area contributed by atoms with Crippen molar-refractivity contribution in [1.29, 1.82) is 0 Å². The van der Waals surface area contributed by atoms with E-state index in [1.807, 2.05) is 17.9 Å². The van der Waals surface area contributed by atoms with Gasteiger partial charge in [-0.3, -0.25) is 9.78 Å². The Kier molecular flexibility index (Phi) is 5.53. The molecule has 11 heteroatoms. The van der Waals surface area contributed by atoms with Crippen LogP contribution in [0.1, 0.15) is 29.0 Å². The number of nitrogens with zero attached hydrogens (tertiary/aromatic N) is 6. The van der Waals surface area contributed by atoms with Crippen LogP contribution in [0.2, 0.25) is 0 Å². The number of anilines is 3. The molecule has 1 N–H and O–H groups in total. The number of pyridine rings is 2. The molecule has 0 spiro atoms. The highest BCUT2D eigenvalue weighted by Crippen LogP contribution is 2.33. The highest BCUT2D eigenvalue weighted by Gasteiger charge is 2.24. The van der Waals surface area contributed by atoms with Gasteiger partial charge in [-0.05, 0) is 31.9 Å². The highest BCUT2D eigenvalue weighted by atomic mass is 16.5. The molecule has 6 rings (SSSR count). The van der Waals surface area contributed by atoms with E-state index in [1.165, 1.54) is 6.26 Å². The van der Waals surface area contributed by atoms with E-state index in [4.69, 9.17) is 18.6 Å². The Morgan fingerprint density at radius 1 is 1.03 bits per heavy atom. The zero-order valence-corrected chi connectivity index (χ0v) is 19.4. The standard InChI is InChI=1S/C24H25N7O4/c1-15-12-16(4-5-25-15)23-27-18(14-34-23)22(32)26-17-13-19-20(28-21(17)30-6-2-3-7-30)29-24(35-19)31-8-10-33-11-9-31/h4-5,12-14H,2-3,6-11H2,1H3,(H,26,32). The second-order valence-electron chi connectivity index (χ2n) is 8.65. The van der Waals surface area contributed by atoms with Gasteiger partial charge < -0.3 is 28.7 Å². The number of carbonyl (C=O) groups excluding carboxylic acids is 1. The molecule has 0 radical (unpaired) electrons. The zero-order chi connectivity index (χ0) is 23.8. The van der Waals surface area contributed by atoms with E-state index in [9.17, 15) is 4.79 Å². The first-order chi connectivity index (χ1) is 17.1. The van der Waals surface area contributed by atoms with E-state index < -0.39 is 0 Å². The molecule has 0 unspecified atom stereocenters. The maximum absolute atomic E-state index is 13.1. The molecule has 2 aliphatic heterocycles. The van der Waals surface area contributed by atoms with Gasteiger partial charge in [0.25, 0.3) is 11.9 Å². The number of rotatable bonds is 5. The van der Waals surface area contributed by atoms with Gasteiger partial charge >= 0.3 is 0 Å². The van der Waals surface area contributed by atoms with Crippen molar-refractivity contribution in [2.75, 3.05) is 54.5 Å². The fourth-order valence-corrected chi connectivity index (χ4v) is 4.37. The molecule has 2 fully saturated rings. The van der Waals surface area contributed by atoms with E-state index in [0.717, 1.165) is 37.2 Å². The van der Waals surface area contributed by atoms with Gasteiger partial charge in [-0.25, -0.2) is 9.97 Å². The van der Waals surface area contributed by atoms with Crippen LogP contribution in [0.3, 0.4) is 0 Å². The minimum absolute atomic E-state index is 0.175. The Morgan fingerprint density at radius 3 is 2.66 bits per heavy atom. The maximum atomic E-state index is 13.1. The molecule has 0 aliphatic carbocycles. The van der Waals surface area contributed by atoms with Crippen LogP contribution in [0.4, 0.5) is 17.5 Å². The number of morpholine rings is 1. The Hall–Kier alpha value is -3.99. The van der Waals surface area contributed by atoms with Gasteiger partial charge in [0, 0.05) is 49.7 Å². The van der Waals surface area contributed by atoms with Crippen molar-refractivity contribution in [2.24, 2.45) is 0 Å². The summed E-state index contributed by atoms with van der Waals surface area (Å²) in [6.07, 6.45) is 5.18. The first-order valence-electron chi connectivity index (χ1n) is 11.7. The Balaban J connectivity index is 1.31. The average molecular weight is 476 g/mol. The van der Waals surface area contributed by atoms with Crippen LogP contribution in [0.15, 0.2) is 39.5 Å². The minimum Gasteiger partial charge on any atom is -0.444 e. The van der Waals surface area contributed by atoms with Crippen molar-refractivity contribution < 1.29 is 18.4 Å². The third-order valence-corrected chi connectivity index (χ3v) is 6.17. The predicted octanol–water partition coefficient (Wildman–Crippen LogP) is 3.27. The fourth-order valence-electron chi connectivity index (χ4n) is 4.37. The van der Waals surface area contributed by atoms with Gasteiger partial charge in [0.2, 0.25) is 11.5 Å².